The van der Waals surface area contributed by atoms with Gasteiger partial charge in [-0.1, -0.05) is 103 Å². The minimum Gasteiger partial charge on any atom is -0.449 e. The van der Waals surface area contributed by atoms with Crippen LogP contribution in [0.4, 0.5) is 9.59 Å². The number of nitrogens with one attached hydrogen (secondary N) is 2. The van der Waals surface area contributed by atoms with Gasteiger partial charge in [0, 0.05) is 20.2 Å². The van der Waals surface area contributed by atoms with Crippen molar-refractivity contribution in [1.29, 1.82) is 0 Å². The predicted molar refractivity (Wildman–Crippen MR) is 158 cm³/mol. The number of methoxy groups -OCH3 is 1. The van der Waals surface area contributed by atoms with Crippen molar-refractivity contribution in [2.45, 2.75) is 122 Å². The van der Waals surface area contributed by atoms with Gasteiger partial charge in [-0.3, -0.25) is 9.69 Å². The second kappa shape index (κ2) is 28.5. The van der Waals surface area contributed by atoms with Crippen molar-refractivity contribution in [3.63, 3.8) is 0 Å². The van der Waals surface area contributed by atoms with Crippen molar-refractivity contribution in [3.8, 4) is 0 Å². The van der Waals surface area contributed by atoms with Crippen LogP contribution in [0.2, 0.25) is 0 Å². The number of esters is 1. The molecule has 2 N–H and O–H groups in total. The molecule has 0 aliphatic rings. The lowest BCUT2D eigenvalue weighted by atomic mass is 10.0. The van der Waals surface area contributed by atoms with E-state index in [2.05, 4.69) is 17.6 Å². The highest BCUT2D eigenvalue weighted by Crippen LogP contribution is 2.13. The van der Waals surface area contributed by atoms with Crippen LogP contribution in [0.5, 0.6) is 0 Å². The fourth-order valence-corrected chi connectivity index (χ4v) is 4.03. The van der Waals surface area contributed by atoms with E-state index in [1.807, 2.05) is 0 Å². The zero-order chi connectivity index (χ0) is 29.7. The Kier molecular flexibility index (Phi) is 27.0. The van der Waals surface area contributed by atoms with E-state index in [1.165, 1.54) is 97.0 Å². The van der Waals surface area contributed by atoms with Crippen molar-refractivity contribution in [2.24, 2.45) is 0 Å². The van der Waals surface area contributed by atoms with Crippen molar-refractivity contribution >= 4 is 18.2 Å². The molecule has 0 bridgehead atoms. The number of hydrogen-bond acceptors (Lipinski definition) is 8. The average molecular weight is 574 g/mol. The second-order valence-corrected chi connectivity index (χ2v) is 10.7. The third-order valence-electron chi connectivity index (χ3n) is 6.52. The molecule has 0 aromatic rings. The predicted octanol–water partition coefficient (Wildman–Crippen LogP) is 6.17. The first kappa shape index (κ1) is 37.9. The van der Waals surface area contributed by atoms with E-state index >= 15 is 0 Å². The topological polar surface area (TPSA) is 115 Å². The maximum absolute atomic E-state index is 11.9. The molecule has 0 saturated carbocycles. The normalized spacial score (nSPS) is 11.7. The number of unbranched alkanes of at least 4 members (excludes halogenated alkanes) is 15. The van der Waals surface area contributed by atoms with Crippen LogP contribution in [-0.2, 0) is 23.7 Å². The van der Waals surface area contributed by atoms with Gasteiger partial charge in [0.2, 0.25) is 0 Å². The molecule has 10 heteroatoms. The van der Waals surface area contributed by atoms with Gasteiger partial charge in [-0.15, -0.1) is 0 Å². The lowest BCUT2D eigenvalue weighted by molar-refractivity contribution is -0.147. The monoisotopic (exact) mass is 573 g/mol. The highest BCUT2D eigenvalue weighted by molar-refractivity contribution is 5.71. The van der Waals surface area contributed by atoms with E-state index in [-0.39, 0.29) is 32.9 Å². The van der Waals surface area contributed by atoms with Gasteiger partial charge in [0.05, 0.1) is 6.42 Å². The van der Waals surface area contributed by atoms with E-state index in [0.717, 1.165) is 12.8 Å². The Labute approximate surface area is 243 Å². The minimum atomic E-state index is -0.685. The number of amides is 2. The zero-order valence-electron chi connectivity index (χ0n) is 25.9. The van der Waals surface area contributed by atoms with Crippen LogP contribution in [0.3, 0.4) is 0 Å². The fourth-order valence-electron chi connectivity index (χ4n) is 4.03. The smallest absolute Gasteiger partial charge is 0.407 e. The number of ether oxygens (including phenoxy) is 4. The molecule has 10 nitrogen and oxygen atoms in total. The molecule has 0 radical (unpaired) electrons. The first-order valence-corrected chi connectivity index (χ1v) is 15.5. The Bertz CT molecular complexity index is 620. The van der Waals surface area contributed by atoms with Crippen molar-refractivity contribution < 1.29 is 33.3 Å². The maximum atomic E-state index is 11.9. The highest BCUT2D eigenvalue weighted by atomic mass is 16.6. The molecule has 2 amide bonds. The van der Waals surface area contributed by atoms with Crippen molar-refractivity contribution in [1.82, 2.24) is 15.5 Å². The molecule has 0 spiro atoms. The quantitative estimate of drug-likeness (QED) is 0.0519. The van der Waals surface area contributed by atoms with E-state index in [0.29, 0.717) is 6.54 Å². The Morgan fingerprint density at radius 2 is 1.05 bits per heavy atom. The van der Waals surface area contributed by atoms with Crippen LogP contribution in [0.1, 0.15) is 116 Å². The lowest BCUT2D eigenvalue weighted by Crippen LogP contribution is -2.34. The van der Waals surface area contributed by atoms with E-state index in [9.17, 15) is 14.4 Å². The Hall–Kier alpha value is -2.07. The molecule has 0 saturated heterocycles. The van der Waals surface area contributed by atoms with Gasteiger partial charge >= 0.3 is 18.2 Å². The number of rotatable bonds is 27. The molecule has 0 aliphatic carbocycles. The van der Waals surface area contributed by atoms with Crippen LogP contribution in [0, 0.1) is 0 Å². The fraction of sp³-hybridized carbons (Fsp3) is 0.900. The molecule has 0 heterocycles. The second-order valence-electron chi connectivity index (χ2n) is 10.7. The van der Waals surface area contributed by atoms with Gasteiger partial charge in [0.1, 0.15) is 26.0 Å². The summed E-state index contributed by atoms with van der Waals surface area (Å²) in [5.74, 6) is -0.414. The summed E-state index contributed by atoms with van der Waals surface area (Å²) in [7, 11) is 5.01. The Balaban J connectivity index is 3.55. The summed E-state index contributed by atoms with van der Waals surface area (Å²) in [5, 5.41) is 5.22. The summed E-state index contributed by atoms with van der Waals surface area (Å²) in [4.78, 5) is 36.9. The van der Waals surface area contributed by atoms with Crippen LogP contribution < -0.4 is 10.6 Å². The van der Waals surface area contributed by atoms with E-state index in [4.69, 9.17) is 18.9 Å². The molecule has 1 atom stereocenters. The summed E-state index contributed by atoms with van der Waals surface area (Å²) in [6.07, 6.45) is 19.2. The molecule has 236 valence electrons. The van der Waals surface area contributed by atoms with Gasteiger partial charge in [0.15, 0.2) is 0 Å². The number of hydrogen-bond donors (Lipinski definition) is 2. The maximum Gasteiger partial charge on any atom is 0.407 e. The number of carbonyl (C=O) groups is 3. The van der Waals surface area contributed by atoms with Gasteiger partial charge in [-0.25, -0.2) is 9.59 Å². The van der Waals surface area contributed by atoms with Crippen molar-refractivity contribution in [3.05, 3.63) is 0 Å². The van der Waals surface area contributed by atoms with Crippen molar-refractivity contribution in [2.75, 3.05) is 54.2 Å². The largest absolute Gasteiger partial charge is 0.449 e. The van der Waals surface area contributed by atoms with Gasteiger partial charge in [-0.05, 0) is 20.5 Å². The van der Waals surface area contributed by atoms with Gasteiger partial charge in [0.25, 0.3) is 0 Å². The third-order valence-corrected chi connectivity index (χ3v) is 6.52. The van der Waals surface area contributed by atoms with Gasteiger partial charge in [-0.2, -0.15) is 0 Å². The molecule has 1 unspecified atom stereocenters. The molecule has 0 rings (SSSR count). The molecular formula is C30H59N3O7. The summed E-state index contributed by atoms with van der Waals surface area (Å²) in [6, 6.07) is 0. The summed E-state index contributed by atoms with van der Waals surface area (Å²) >= 11 is 0. The Morgan fingerprint density at radius 1 is 0.625 bits per heavy atom. The number of nitrogens with zero attached hydrogens (tertiary/aromatic N) is 1. The SMILES string of the molecule is CCCCCCCCCCCCCCCCCCNC(=O)OCC(COC(=O)NCCC(=O)OCN(C)C)OC. The first-order chi connectivity index (χ1) is 19.4. The summed E-state index contributed by atoms with van der Waals surface area (Å²) in [5.41, 5.74) is 0. The summed E-state index contributed by atoms with van der Waals surface area (Å²) in [6.45, 7) is 3.01. The Morgan fingerprint density at radius 3 is 1.48 bits per heavy atom. The zero-order valence-corrected chi connectivity index (χ0v) is 25.9. The van der Waals surface area contributed by atoms with E-state index < -0.39 is 24.3 Å². The standard InChI is InChI=1S/C30H59N3O7/c1-5-6-7-8-9-10-11-12-13-14-15-16-17-18-19-20-22-31-29(35)38-24-27(37-4)25-39-30(36)32-23-21-28(34)40-26-33(2)3/h27H,5-26H2,1-4H3,(H,31,35)(H,32,36). The van der Waals surface area contributed by atoms with E-state index in [1.54, 1.807) is 19.0 Å². The van der Waals surface area contributed by atoms with Crippen LogP contribution in [0.25, 0.3) is 0 Å². The lowest BCUT2D eigenvalue weighted by Gasteiger charge is -2.16. The average Bonchev–Trinajstić information content (AvgIpc) is 2.93. The van der Waals surface area contributed by atoms with Crippen LogP contribution in [-0.4, -0.2) is 83.4 Å². The molecule has 40 heavy (non-hydrogen) atoms. The molecule has 0 aliphatic heterocycles. The summed E-state index contributed by atoms with van der Waals surface area (Å²) < 4.78 is 20.4. The highest BCUT2D eigenvalue weighted by Gasteiger charge is 2.14. The molecule has 0 fully saturated rings. The molecule has 0 aromatic carbocycles. The number of alkyl carbamates (subject to hydrolysis) is 2. The first-order valence-electron chi connectivity index (χ1n) is 15.5. The van der Waals surface area contributed by atoms with Crippen LogP contribution in [0.15, 0.2) is 0 Å². The van der Waals surface area contributed by atoms with Crippen LogP contribution >= 0.6 is 0 Å². The van der Waals surface area contributed by atoms with Gasteiger partial charge < -0.3 is 29.6 Å². The minimum absolute atomic E-state index is 0.0363. The molecule has 0 aromatic heterocycles. The molecular weight excluding hydrogens is 514 g/mol. The third kappa shape index (κ3) is 27.5. The number of carbonyl (C=O) groups excluding carboxylic acids is 3.